The SMILES string of the molecule is CCOC(=O)N1CCc2c(sc(NC(=O)C=Cc3ccncc3)c2C#N)C1. The molecule has 0 saturated carbocycles. The van der Waals surface area contributed by atoms with Gasteiger partial charge in [-0.3, -0.25) is 9.78 Å². The van der Waals surface area contributed by atoms with E-state index >= 15 is 0 Å². The van der Waals surface area contributed by atoms with Crippen molar-refractivity contribution < 1.29 is 14.3 Å². The van der Waals surface area contributed by atoms with Crippen LogP contribution in [0.5, 0.6) is 0 Å². The van der Waals surface area contributed by atoms with E-state index in [4.69, 9.17) is 4.74 Å². The molecule has 1 N–H and O–H groups in total. The third kappa shape index (κ3) is 4.33. The number of nitrogens with one attached hydrogen (secondary N) is 1. The van der Waals surface area contributed by atoms with Crippen LogP contribution in [0.4, 0.5) is 9.80 Å². The lowest BCUT2D eigenvalue weighted by Gasteiger charge is -2.25. The number of carbonyl (C=O) groups excluding carboxylic acids is 2. The summed E-state index contributed by atoms with van der Waals surface area (Å²) < 4.78 is 5.04. The topological polar surface area (TPSA) is 95.3 Å². The van der Waals surface area contributed by atoms with Gasteiger partial charge in [0.2, 0.25) is 5.91 Å². The number of rotatable bonds is 4. The maximum absolute atomic E-state index is 12.2. The summed E-state index contributed by atoms with van der Waals surface area (Å²) in [6, 6.07) is 5.76. The Bertz CT molecular complexity index is 915. The van der Waals surface area contributed by atoms with Crippen molar-refractivity contribution in [3.05, 3.63) is 52.2 Å². The van der Waals surface area contributed by atoms with Crippen molar-refractivity contribution in [2.24, 2.45) is 0 Å². The van der Waals surface area contributed by atoms with Gasteiger partial charge >= 0.3 is 6.09 Å². The average Bonchev–Trinajstić information content (AvgIpc) is 3.03. The number of hydrogen-bond acceptors (Lipinski definition) is 6. The molecule has 7 nitrogen and oxygen atoms in total. The Morgan fingerprint density at radius 1 is 1.44 bits per heavy atom. The first-order valence-electron chi connectivity index (χ1n) is 8.47. The quantitative estimate of drug-likeness (QED) is 0.820. The number of pyridine rings is 1. The van der Waals surface area contributed by atoms with Crippen molar-refractivity contribution in [1.29, 1.82) is 5.26 Å². The lowest BCUT2D eigenvalue weighted by atomic mass is 10.0. The van der Waals surface area contributed by atoms with Crippen molar-refractivity contribution in [1.82, 2.24) is 9.88 Å². The fourth-order valence-corrected chi connectivity index (χ4v) is 4.00. The lowest BCUT2D eigenvalue weighted by molar-refractivity contribution is -0.111. The van der Waals surface area contributed by atoms with Crippen LogP contribution in [0.1, 0.15) is 28.5 Å². The largest absolute Gasteiger partial charge is 0.450 e. The van der Waals surface area contributed by atoms with Crippen LogP contribution in [0.3, 0.4) is 0 Å². The van der Waals surface area contributed by atoms with E-state index in [1.165, 1.54) is 17.4 Å². The number of aromatic nitrogens is 1. The summed E-state index contributed by atoms with van der Waals surface area (Å²) in [5.41, 5.74) is 2.23. The molecular weight excluding hydrogens is 364 g/mol. The molecule has 2 amide bonds. The Hall–Kier alpha value is -3.18. The third-order valence-electron chi connectivity index (χ3n) is 4.06. The summed E-state index contributed by atoms with van der Waals surface area (Å²) in [5.74, 6) is -0.316. The van der Waals surface area contributed by atoms with Gasteiger partial charge in [0.25, 0.3) is 0 Å². The van der Waals surface area contributed by atoms with Crippen molar-refractivity contribution in [3.8, 4) is 6.07 Å². The number of ether oxygens (including phenoxy) is 1. The van der Waals surface area contributed by atoms with E-state index < -0.39 is 0 Å². The van der Waals surface area contributed by atoms with E-state index in [9.17, 15) is 14.9 Å². The average molecular weight is 382 g/mol. The van der Waals surface area contributed by atoms with Crippen LogP contribution in [-0.4, -0.2) is 35.0 Å². The second-order valence-electron chi connectivity index (χ2n) is 5.79. The Balaban J connectivity index is 1.74. The Morgan fingerprint density at radius 3 is 2.93 bits per heavy atom. The molecule has 0 unspecified atom stereocenters. The summed E-state index contributed by atoms with van der Waals surface area (Å²) in [5, 5.41) is 12.8. The molecule has 0 atom stereocenters. The van der Waals surface area contributed by atoms with Gasteiger partial charge in [-0.15, -0.1) is 11.3 Å². The molecule has 1 aliphatic rings. The third-order valence-corrected chi connectivity index (χ3v) is 5.20. The zero-order chi connectivity index (χ0) is 19.2. The number of thiophene rings is 1. The van der Waals surface area contributed by atoms with E-state index in [0.717, 1.165) is 16.0 Å². The minimum absolute atomic E-state index is 0.316. The van der Waals surface area contributed by atoms with E-state index in [1.807, 2.05) is 0 Å². The first-order valence-corrected chi connectivity index (χ1v) is 9.29. The molecule has 27 heavy (non-hydrogen) atoms. The van der Waals surface area contributed by atoms with Crippen LogP contribution in [0.15, 0.2) is 30.6 Å². The summed E-state index contributed by atoms with van der Waals surface area (Å²) >= 11 is 1.33. The van der Waals surface area contributed by atoms with E-state index in [1.54, 1.807) is 42.4 Å². The molecule has 3 rings (SSSR count). The summed E-state index contributed by atoms with van der Waals surface area (Å²) in [7, 11) is 0. The molecule has 0 aromatic carbocycles. The molecule has 0 fully saturated rings. The normalized spacial score (nSPS) is 13.1. The highest BCUT2D eigenvalue weighted by Gasteiger charge is 2.27. The number of carbonyl (C=O) groups is 2. The van der Waals surface area contributed by atoms with E-state index in [0.29, 0.717) is 36.7 Å². The zero-order valence-electron chi connectivity index (χ0n) is 14.8. The van der Waals surface area contributed by atoms with Crippen LogP contribution in [0.2, 0.25) is 0 Å². The predicted octanol–water partition coefficient (Wildman–Crippen LogP) is 3.18. The van der Waals surface area contributed by atoms with Gasteiger partial charge in [-0.25, -0.2) is 4.79 Å². The van der Waals surface area contributed by atoms with E-state index in [-0.39, 0.29) is 12.0 Å². The molecule has 3 heterocycles. The molecule has 0 radical (unpaired) electrons. The summed E-state index contributed by atoms with van der Waals surface area (Å²) in [6.45, 7) is 2.96. The first kappa shape index (κ1) is 18.6. The number of anilines is 1. The summed E-state index contributed by atoms with van der Waals surface area (Å²) in [4.78, 5) is 30.6. The smallest absolute Gasteiger partial charge is 0.410 e. The predicted molar refractivity (Wildman–Crippen MR) is 102 cm³/mol. The van der Waals surface area contributed by atoms with Gasteiger partial charge in [-0.1, -0.05) is 0 Å². The van der Waals surface area contributed by atoms with Crippen molar-refractivity contribution in [2.75, 3.05) is 18.5 Å². The number of amides is 2. The number of fused-ring (bicyclic) bond motifs is 1. The molecule has 8 heteroatoms. The van der Waals surface area contributed by atoms with Gasteiger partial charge in [0.05, 0.1) is 18.7 Å². The van der Waals surface area contributed by atoms with Gasteiger partial charge in [-0.2, -0.15) is 5.26 Å². The van der Waals surface area contributed by atoms with Crippen LogP contribution in [0, 0.1) is 11.3 Å². The number of nitrogens with zero attached hydrogens (tertiary/aromatic N) is 3. The van der Waals surface area contributed by atoms with Gasteiger partial charge in [0, 0.05) is 29.9 Å². The molecule has 2 aromatic heterocycles. The fraction of sp³-hybridized carbons (Fsp3) is 0.263. The van der Waals surface area contributed by atoms with Crippen LogP contribution in [0.25, 0.3) is 6.08 Å². The van der Waals surface area contributed by atoms with Crippen LogP contribution >= 0.6 is 11.3 Å². The second-order valence-corrected chi connectivity index (χ2v) is 6.90. The maximum atomic E-state index is 12.2. The van der Waals surface area contributed by atoms with Crippen LogP contribution < -0.4 is 5.32 Å². The first-order chi connectivity index (χ1) is 13.1. The summed E-state index contributed by atoms with van der Waals surface area (Å²) in [6.07, 6.45) is 6.60. The minimum Gasteiger partial charge on any atom is -0.450 e. The highest BCUT2D eigenvalue weighted by Crippen LogP contribution is 2.36. The molecule has 0 spiro atoms. The van der Waals surface area contributed by atoms with Crippen molar-refractivity contribution in [3.63, 3.8) is 0 Å². The van der Waals surface area contributed by atoms with Gasteiger partial charge in [0.1, 0.15) is 11.1 Å². The Kier molecular flexibility index (Phi) is 5.84. The Morgan fingerprint density at radius 2 is 2.22 bits per heavy atom. The van der Waals surface area contributed by atoms with Gasteiger partial charge < -0.3 is 15.0 Å². The molecule has 0 bridgehead atoms. The highest BCUT2D eigenvalue weighted by atomic mass is 32.1. The molecule has 2 aromatic rings. The van der Waals surface area contributed by atoms with Crippen LogP contribution in [-0.2, 0) is 22.5 Å². The number of hydrogen-bond donors (Lipinski definition) is 1. The highest BCUT2D eigenvalue weighted by molar-refractivity contribution is 7.16. The monoisotopic (exact) mass is 382 g/mol. The maximum Gasteiger partial charge on any atom is 0.410 e. The van der Waals surface area contributed by atoms with Crippen molar-refractivity contribution in [2.45, 2.75) is 19.9 Å². The lowest BCUT2D eigenvalue weighted by Crippen LogP contribution is -2.35. The standard InChI is InChI=1S/C19H18N4O3S/c1-2-26-19(25)23-10-7-14-15(11-20)18(27-16(14)12-23)22-17(24)4-3-13-5-8-21-9-6-13/h3-6,8-9H,2,7,10,12H2,1H3,(H,22,24). The molecule has 138 valence electrons. The fourth-order valence-electron chi connectivity index (χ4n) is 2.78. The van der Waals surface area contributed by atoms with E-state index in [2.05, 4.69) is 16.4 Å². The molecule has 0 aliphatic carbocycles. The second kappa shape index (κ2) is 8.47. The molecular formula is C19H18N4O3S. The van der Waals surface area contributed by atoms with Crippen molar-refractivity contribution >= 4 is 34.4 Å². The number of nitriles is 1. The zero-order valence-corrected chi connectivity index (χ0v) is 15.6. The molecule has 0 saturated heterocycles. The Labute approximate surface area is 160 Å². The minimum atomic E-state index is -0.360. The van der Waals surface area contributed by atoms with Gasteiger partial charge in [-0.05, 0) is 42.7 Å². The van der Waals surface area contributed by atoms with Gasteiger partial charge in [0.15, 0.2) is 0 Å². The molecule has 1 aliphatic heterocycles.